The van der Waals surface area contributed by atoms with E-state index in [4.69, 9.17) is 14.7 Å². The van der Waals surface area contributed by atoms with Crippen molar-refractivity contribution < 1.29 is 14.3 Å². The Kier molecular flexibility index (Phi) is 3.15. The Morgan fingerprint density at radius 1 is 1.47 bits per heavy atom. The van der Waals surface area contributed by atoms with E-state index in [1.807, 2.05) is 0 Å². The summed E-state index contributed by atoms with van der Waals surface area (Å²) in [6, 6.07) is 9.16. The standard InChI is InChI=1S/C12H12N2O3/c1-16-11-4-2-10(3-5-11)14-7-9(6-13)8-17-12(14)15/h2-5,9H,7-8H2,1H3. The molecule has 2 rings (SSSR count). The molecule has 1 fully saturated rings. The maximum atomic E-state index is 11.6. The van der Waals surface area contributed by atoms with Gasteiger partial charge in [0.1, 0.15) is 12.4 Å². The molecule has 1 heterocycles. The third kappa shape index (κ3) is 2.31. The third-order valence-electron chi connectivity index (χ3n) is 2.60. The molecule has 5 heteroatoms. The fourth-order valence-electron chi connectivity index (χ4n) is 1.65. The number of carbonyl (C=O) groups is 1. The van der Waals surface area contributed by atoms with Gasteiger partial charge >= 0.3 is 6.09 Å². The minimum absolute atomic E-state index is 0.169. The van der Waals surface area contributed by atoms with E-state index in [2.05, 4.69) is 6.07 Å². The molecule has 0 saturated carbocycles. The fraction of sp³-hybridized carbons (Fsp3) is 0.333. The lowest BCUT2D eigenvalue weighted by Gasteiger charge is -2.29. The van der Waals surface area contributed by atoms with Gasteiger partial charge in [-0.1, -0.05) is 0 Å². The summed E-state index contributed by atoms with van der Waals surface area (Å²) < 4.78 is 9.98. The van der Waals surface area contributed by atoms with Crippen LogP contribution >= 0.6 is 0 Å². The number of methoxy groups -OCH3 is 1. The number of ether oxygens (including phenoxy) is 2. The number of amides is 1. The van der Waals surface area contributed by atoms with E-state index in [9.17, 15) is 4.79 Å². The lowest BCUT2D eigenvalue weighted by atomic mass is 10.1. The summed E-state index contributed by atoms with van der Waals surface area (Å²) in [6.45, 7) is 0.531. The summed E-state index contributed by atoms with van der Waals surface area (Å²) in [5.74, 6) is 0.436. The number of rotatable bonds is 2. The number of hydrogen-bond acceptors (Lipinski definition) is 4. The van der Waals surface area contributed by atoms with E-state index < -0.39 is 6.09 Å². The molecule has 88 valence electrons. The van der Waals surface area contributed by atoms with Gasteiger partial charge in [0.2, 0.25) is 0 Å². The topological polar surface area (TPSA) is 62.6 Å². The van der Waals surface area contributed by atoms with Crippen LogP contribution in [0.3, 0.4) is 0 Å². The number of nitriles is 1. The van der Waals surface area contributed by atoms with Crippen molar-refractivity contribution in [2.75, 3.05) is 25.2 Å². The van der Waals surface area contributed by atoms with Crippen LogP contribution in [0.25, 0.3) is 0 Å². The zero-order chi connectivity index (χ0) is 12.3. The first kappa shape index (κ1) is 11.3. The molecule has 1 atom stereocenters. The molecular weight excluding hydrogens is 220 g/mol. The van der Waals surface area contributed by atoms with E-state index in [1.54, 1.807) is 31.4 Å². The van der Waals surface area contributed by atoms with E-state index in [-0.39, 0.29) is 12.5 Å². The van der Waals surface area contributed by atoms with Gasteiger partial charge in [-0.3, -0.25) is 4.90 Å². The predicted octanol–water partition coefficient (Wildman–Crippen LogP) is 1.79. The van der Waals surface area contributed by atoms with E-state index >= 15 is 0 Å². The maximum Gasteiger partial charge on any atom is 0.414 e. The van der Waals surface area contributed by atoms with E-state index in [0.29, 0.717) is 12.2 Å². The monoisotopic (exact) mass is 232 g/mol. The average molecular weight is 232 g/mol. The zero-order valence-electron chi connectivity index (χ0n) is 9.42. The molecule has 1 aromatic rings. The van der Waals surface area contributed by atoms with Crippen LogP contribution in [0.15, 0.2) is 24.3 Å². The highest BCUT2D eigenvalue weighted by Gasteiger charge is 2.28. The molecule has 1 aromatic carbocycles. The van der Waals surface area contributed by atoms with Crippen molar-refractivity contribution in [3.05, 3.63) is 24.3 Å². The summed E-state index contributed by atoms with van der Waals surface area (Å²) >= 11 is 0. The molecule has 17 heavy (non-hydrogen) atoms. The average Bonchev–Trinajstić information content (AvgIpc) is 2.39. The summed E-state index contributed by atoms with van der Waals surface area (Å²) in [5.41, 5.74) is 0.704. The fourth-order valence-corrected chi connectivity index (χ4v) is 1.65. The van der Waals surface area contributed by atoms with Crippen LogP contribution in [0.4, 0.5) is 10.5 Å². The molecular formula is C12H12N2O3. The molecule has 0 aromatic heterocycles. The first-order chi connectivity index (χ1) is 8.24. The first-order valence-corrected chi connectivity index (χ1v) is 5.22. The predicted molar refractivity (Wildman–Crippen MR) is 60.8 cm³/mol. The van der Waals surface area contributed by atoms with Crippen LogP contribution < -0.4 is 9.64 Å². The van der Waals surface area contributed by atoms with Crippen molar-refractivity contribution in [2.45, 2.75) is 0 Å². The lowest BCUT2D eigenvalue weighted by Crippen LogP contribution is -2.42. The quantitative estimate of drug-likeness (QED) is 0.779. The number of cyclic esters (lactones) is 1. The second-order valence-corrected chi connectivity index (χ2v) is 3.71. The van der Waals surface area contributed by atoms with Crippen molar-refractivity contribution in [2.24, 2.45) is 5.92 Å². The summed E-state index contributed by atoms with van der Waals surface area (Å²) in [4.78, 5) is 13.0. The van der Waals surface area contributed by atoms with Gasteiger partial charge in [-0.2, -0.15) is 5.26 Å². The number of anilines is 1. The Labute approximate surface area is 99.2 Å². The summed E-state index contributed by atoms with van der Waals surface area (Å²) in [7, 11) is 1.58. The van der Waals surface area contributed by atoms with Crippen LogP contribution in [0.5, 0.6) is 5.75 Å². The Morgan fingerprint density at radius 2 is 2.18 bits per heavy atom. The maximum absolute atomic E-state index is 11.6. The second-order valence-electron chi connectivity index (χ2n) is 3.71. The highest BCUT2D eigenvalue weighted by molar-refractivity contribution is 5.88. The molecule has 1 saturated heterocycles. The summed E-state index contributed by atoms with van der Waals surface area (Å²) in [6.07, 6.45) is -0.415. The highest BCUT2D eigenvalue weighted by atomic mass is 16.6. The van der Waals surface area contributed by atoms with Gasteiger partial charge in [0, 0.05) is 12.2 Å². The molecule has 1 amide bonds. The van der Waals surface area contributed by atoms with Crippen LogP contribution in [0.2, 0.25) is 0 Å². The van der Waals surface area contributed by atoms with Gasteiger partial charge in [-0.05, 0) is 24.3 Å². The van der Waals surface area contributed by atoms with Crippen LogP contribution in [0, 0.1) is 17.2 Å². The van der Waals surface area contributed by atoms with Gasteiger partial charge in [-0.25, -0.2) is 4.79 Å². The normalized spacial score (nSPS) is 19.4. The zero-order valence-corrected chi connectivity index (χ0v) is 9.42. The molecule has 1 aliphatic heterocycles. The Hall–Kier alpha value is -2.22. The molecule has 0 N–H and O–H groups in total. The molecule has 0 radical (unpaired) electrons. The molecule has 1 aliphatic rings. The Bertz CT molecular complexity index is 450. The van der Waals surface area contributed by atoms with Crippen LogP contribution in [-0.4, -0.2) is 26.4 Å². The number of hydrogen-bond donors (Lipinski definition) is 0. The van der Waals surface area contributed by atoms with Crippen LogP contribution in [-0.2, 0) is 4.74 Å². The van der Waals surface area contributed by atoms with E-state index in [0.717, 1.165) is 5.75 Å². The lowest BCUT2D eigenvalue weighted by molar-refractivity contribution is 0.127. The highest BCUT2D eigenvalue weighted by Crippen LogP contribution is 2.23. The summed E-state index contributed by atoms with van der Waals surface area (Å²) in [5, 5.41) is 8.84. The van der Waals surface area contributed by atoms with Gasteiger partial charge in [0.15, 0.2) is 0 Å². The molecule has 0 bridgehead atoms. The van der Waals surface area contributed by atoms with E-state index in [1.165, 1.54) is 4.90 Å². The van der Waals surface area contributed by atoms with Gasteiger partial charge < -0.3 is 9.47 Å². The molecule has 5 nitrogen and oxygen atoms in total. The van der Waals surface area contributed by atoms with Crippen LogP contribution in [0.1, 0.15) is 0 Å². The first-order valence-electron chi connectivity index (χ1n) is 5.22. The minimum Gasteiger partial charge on any atom is -0.497 e. The molecule has 0 aliphatic carbocycles. The molecule has 0 spiro atoms. The molecule has 1 unspecified atom stereocenters. The minimum atomic E-state index is -0.415. The number of carbonyl (C=O) groups excluding carboxylic acids is 1. The SMILES string of the molecule is COc1ccc(N2CC(C#N)COC2=O)cc1. The Morgan fingerprint density at radius 3 is 2.76 bits per heavy atom. The van der Waals surface area contributed by atoms with Crippen molar-refractivity contribution >= 4 is 11.8 Å². The van der Waals surface area contributed by atoms with Crippen molar-refractivity contribution in [1.29, 1.82) is 5.26 Å². The smallest absolute Gasteiger partial charge is 0.414 e. The third-order valence-corrected chi connectivity index (χ3v) is 2.60. The van der Waals surface area contributed by atoms with Crippen molar-refractivity contribution in [1.82, 2.24) is 0 Å². The van der Waals surface area contributed by atoms with Crippen molar-refractivity contribution in [3.63, 3.8) is 0 Å². The largest absolute Gasteiger partial charge is 0.497 e. The van der Waals surface area contributed by atoms with Gasteiger partial charge in [0.25, 0.3) is 0 Å². The second kappa shape index (κ2) is 4.74. The number of benzene rings is 1. The van der Waals surface area contributed by atoms with Gasteiger partial charge in [-0.15, -0.1) is 0 Å². The van der Waals surface area contributed by atoms with Gasteiger partial charge in [0.05, 0.1) is 19.1 Å². The van der Waals surface area contributed by atoms with Crippen molar-refractivity contribution in [3.8, 4) is 11.8 Å². The Balaban J connectivity index is 2.19. The number of nitrogens with zero attached hydrogens (tertiary/aromatic N) is 2.